The molecule has 2 N–H and O–H groups in total. The van der Waals surface area contributed by atoms with Crippen LogP contribution in [0.5, 0.6) is 11.5 Å². The maximum atomic E-state index is 11.5. The normalized spacial score (nSPS) is 19.1. The zero-order chi connectivity index (χ0) is 32.0. The second-order valence-corrected chi connectivity index (χ2v) is 17.3. The predicted molar refractivity (Wildman–Crippen MR) is 180 cm³/mol. The zero-order valence-corrected chi connectivity index (χ0v) is 29.5. The summed E-state index contributed by atoms with van der Waals surface area (Å²) < 4.78 is 0. The number of phenolic OH excluding ortho intramolecular Hbond substituents is 2. The van der Waals surface area contributed by atoms with E-state index in [1.807, 2.05) is 0 Å². The Bertz CT molecular complexity index is 1140. The molecule has 0 aliphatic heterocycles. The molecule has 1 saturated carbocycles. The van der Waals surface area contributed by atoms with Crippen LogP contribution in [0.4, 0.5) is 0 Å². The van der Waals surface area contributed by atoms with Gasteiger partial charge in [-0.15, -0.1) is 0 Å². The Labute approximate surface area is 258 Å². The lowest BCUT2D eigenvalue weighted by molar-refractivity contribution is 0.0684. The molecule has 2 atom stereocenters. The van der Waals surface area contributed by atoms with Gasteiger partial charge in [-0.25, -0.2) is 0 Å². The Morgan fingerprint density at radius 3 is 1.12 bits per heavy atom. The minimum Gasteiger partial charge on any atom is -0.507 e. The molecule has 2 aromatic rings. The van der Waals surface area contributed by atoms with Crippen molar-refractivity contribution >= 4 is 0 Å². The molecule has 4 nitrogen and oxygen atoms in total. The quantitative estimate of drug-likeness (QED) is 0.359. The summed E-state index contributed by atoms with van der Waals surface area (Å²) in [4.78, 5) is 4.94. The van der Waals surface area contributed by atoms with Gasteiger partial charge >= 0.3 is 0 Å². The van der Waals surface area contributed by atoms with Crippen molar-refractivity contribution in [3.63, 3.8) is 0 Å². The minimum atomic E-state index is -0.137. The number of likely N-dealkylation sites (N-methyl/N-ethyl adjacent to an activating group) is 2. The van der Waals surface area contributed by atoms with Crippen molar-refractivity contribution in [2.45, 2.75) is 156 Å². The number of rotatable bonds is 6. The zero-order valence-electron chi connectivity index (χ0n) is 29.5. The van der Waals surface area contributed by atoms with Crippen molar-refractivity contribution in [3.8, 4) is 11.5 Å². The van der Waals surface area contributed by atoms with Crippen LogP contribution in [0.3, 0.4) is 0 Å². The Balaban J connectivity index is 1.95. The Hall–Kier alpha value is -2.04. The lowest BCUT2D eigenvalue weighted by atomic mass is 9.78. The van der Waals surface area contributed by atoms with Crippen LogP contribution in [-0.4, -0.2) is 46.2 Å². The van der Waals surface area contributed by atoms with E-state index in [4.69, 9.17) is 0 Å². The van der Waals surface area contributed by atoms with E-state index in [-0.39, 0.29) is 21.7 Å². The highest BCUT2D eigenvalue weighted by Crippen LogP contribution is 2.41. The maximum Gasteiger partial charge on any atom is 0.123 e. The van der Waals surface area contributed by atoms with Crippen LogP contribution in [0, 0.1) is 0 Å². The van der Waals surface area contributed by atoms with E-state index in [0.717, 1.165) is 35.1 Å². The van der Waals surface area contributed by atoms with E-state index in [1.54, 1.807) is 0 Å². The van der Waals surface area contributed by atoms with Crippen LogP contribution in [0.25, 0.3) is 0 Å². The van der Waals surface area contributed by atoms with Gasteiger partial charge < -0.3 is 10.2 Å². The lowest BCUT2D eigenvalue weighted by Crippen LogP contribution is -2.50. The van der Waals surface area contributed by atoms with Crippen molar-refractivity contribution in [3.05, 3.63) is 57.6 Å². The molecular formula is C38H62N2O2. The van der Waals surface area contributed by atoms with Gasteiger partial charge in [0.1, 0.15) is 11.5 Å². The second kappa shape index (κ2) is 12.2. The first-order chi connectivity index (χ1) is 19.0. The third-order valence-electron chi connectivity index (χ3n) is 9.39. The third-order valence-corrected chi connectivity index (χ3v) is 9.39. The van der Waals surface area contributed by atoms with E-state index in [0.29, 0.717) is 36.7 Å². The molecule has 0 heterocycles. The standard InChI is InChI=1S/C38H62N2O2/c1-35(2,3)27-19-25(33(41)29(21-27)37(7,8)9)23-39(13)31-17-15-16-18-32(31)40(14)24-26-20-28(36(4,5)6)22-30(34(26)42)38(10,11)12/h19-22,31-32,41-42H,15-18,23-24H2,1-14H3/t31-,32-/m1/s1. The van der Waals surface area contributed by atoms with Crippen LogP contribution in [0.15, 0.2) is 24.3 Å². The fraction of sp³-hybridized carbons (Fsp3) is 0.684. The molecule has 3 rings (SSSR count). The van der Waals surface area contributed by atoms with Gasteiger partial charge in [-0.3, -0.25) is 9.80 Å². The molecule has 0 saturated heterocycles. The highest BCUT2D eigenvalue weighted by Gasteiger charge is 2.34. The van der Waals surface area contributed by atoms with E-state index in [1.165, 1.54) is 24.0 Å². The van der Waals surface area contributed by atoms with Crippen LogP contribution < -0.4 is 0 Å². The van der Waals surface area contributed by atoms with Gasteiger partial charge in [0.2, 0.25) is 0 Å². The van der Waals surface area contributed by atoms with Gasteiger partial charge in [0.05, 0.1) is 0 Å². The average Bonchev–Trinajstić information content (AvgIpc) is 2.83. The molecule has 4 heteroatoms. The molecule has 0 amide bonds. The smallest absolute Gasteiger partial charge is 0.123 e. The van der Waals surface area contributed by atoms with E-state index >= 15 is 0 Å². The van der Waals surface area contributed by atoms with Gasteiger partial charge in [-0.2, -0.15) is 0 Å². The molecule has 0 unspecified atom stereocenters. The summed E-state index contributed by atoms with van der Waals surface area (Å²) in [5.74, 6) is 0.892. The number of phenols is 2. The fourth-order valence-electron chi connectivity index (χ4n) is 6.53. The second-order valence-electron chi connectivity index (χ2n) is 17.3. The maximum absolute atomic E-state index is 11.5. The molecule has 1 fully saturated rings. The molecule has 42 heavy (non-hydrogen) atoms. The number of aromatic hydroxyl groups is 2. The lowest BCUT2D eigenvalue weighted by Gasteiger charge is -2.43. The molecule has 0 bridgehead atoms. The van der Waals surface area contributed by atoms with E-state index in [2.05, 4.69) is 131 Å². The monoisotopic (exact) mass is 578 g/mol. The summed E-state index contributed by atoms with van der Waals surface area (Å²) >= 11 is 0. The summed E-state index contributed by atoms with van der Waals surface area (Å²) in [6, 6.07) is 9.61. The largest absolute Gasteiger partial charge is 0.507 e. The Kier molecular flexibility index (Phi) is 9.97. The average molecular weight is 579 g/mol. The summed E-state index contributed by atoms with van der Waals surface area (Å²) in [7, 11) is 4.46. The topological polar surface area (TPSA) is 46.9 Å². The first-order valence-corrected chi connectivity index (χ1v) is 16.2. The number of hydrogen-bond donors (Lipinski definition) is 2. The molecule has 0 radical (unpaired) electrons. The van der Waals surface area contributed by atoms with Crippen LogP contribution in [0.1, 0.15) is 142 Å². The van der Waals surface area contributed by atoms with Crippen molar-refractivity contribution in [2.75, 3.05) is 14.1 Å². The van der Waals surface area contributed by atoms with Crippen molar-refractivity contribution in [1.29, 1.82) is 0 Å². The molecule has 1 aliphatic rings. The first-order valence-electron chi connectivity index (χ1n) is 16.2. The van der Waals surface area contributed by atoms with Gasteiger partial charge in [-0.05, 0) is 70.9 Å². The van der Waals surface area contributed by atoms with Crippen LogP contribution >= 0.6 is 0 Å². The van der Waals surface area contributed by atoms with Crippen molar-refractivity contribution in [2.24, 2.45) is 0 Å². The van der Waals surface area contributed by atoms with Gasteiger partial charge in [0, 0.05) is 36.3 Å². The molecule has 0 aromatic heterocycles. The molecule has 236 valence electrons. The van der Waals surface area contributed by atoms with Crippen LogP contribution in [-0.2, 0) is 34.7 Å². The van der Waals surface area contributed by atoms with Gasteiger partial charge in [0.25, 0.3) is 0 Å². The summed E-state index contributed by atoms with van der Waals surface area (Å²) in [5, 5.41) is 23.0. The van der Waals surface area contributed by atoms with Crippen LogP contribution in [0.2, 0.25) is 0 Å². The number of nitrogens with zero attached hydrogens (tertiary/aromatic N) is 2. The summed E-state index contributed by atoms with van der Waals surface area (Å²) in [6.45, 7) is 28.0. The molecular weight excluding hydrogens is 516 g/mol. The van der Waals surface area contributed by atoms with Crippen molar-refractivity contribution < 1.29 is 10.2 Å². The molecule has 1 aliphatic carbocycles. The van der Waals surface area contributed by atoms with Crippen molar-refractivity contribution in [1.82, 2.24) is 9.80 Å². The number of hydrogen-bond acceptors (Lipinski definition) is 4. The highest BCUT2D eigenvalue weighted by atomic mass is 16.3. The molecule has 0 spiro atoms. The highest BCUT2D eigenvalue weighted by molar-refractivity contribution is 5.50. The summed E-state index contributed by atoms with van der Waals surface area (Å²) in [6.07, 6.45) is 4.72. The Morgan fingerprint density at radius 2 is 0.857 bits per heavy atom. The molecule has 2 aromatic carbocycles. The minimum absolute atomic E-state index is 0.00408. The summed E-state index contributed by atoms with van der Waals surface area (Å²) in [5.41, 5.74) is 6.38. The van der Waals surface area contributed by atoms with Gasteiger partial charge in [0.15, 0.2) is 0 Å². The predicted octanol–water partition coefficient (Wildman–Crippen LogP) is 9.16. The van der Waals surface area contributed by atoms with E-state index < -0.39 is 0 Å². The number of benzene rings is 2. The Morgan fingerprint density at radius 1 is 0.548 bits per heavy atom. The van der Waals surface area contributed by atoms with Gasteiger partial charge in [-0.1, -0.05) is 120 Å². The first kappa shape index (κ1) is 34.5. The SMILES string of the molecule is CN(Cc1cc(C(C)(C)C)cc(C(C)(C)C)c1O)[C@@H]1CCCC[C@H]1N(C)Cc1cc(C(C)(C)C)cc(C(C)(C)C)c1O. The fourth-order valence-corrected chi connectivity index (χ4v) is 6.53. The third kappa shape index (κ3) is 7.91. The van der Waals surface area contributed by atoms with E-state index in [9.17, 15) is 10.2 Å².